The number of furan rings is 1. The van der Waals surface area contributed by atoms with Gasteiger partial charge in [-0.15, -0.1) is 0 Å². The van der Waals surface area contributed by atoms with Crippen LogP contribution in [0.15, 0.2) is 47.1 Å². The molecular weight excluding hydrogens is 268 g/mol. The minimum Gasteiger partial charge on any atom is -0.467 e. The minimum atomic E-state index is 0.591. The molecule has 20 heavy (non-hydrogen) atoms. The van der Waals surface area contributed by atoms with Gasteiger partial charge in [-0.3, -0.25) is 0 Å². The van der Waals surface area contributed by atoms with Gasteiger partial charge in [0, 0.05) is 5.69 Å². The number of benzene rings is 1. The highest BCUT2D eigenvalue weighted by molar-refractivity contribution is 7.80. The second-order valence-electron chi connectivity index (χ2n) is 4.69. The third-order valence-corrected chi connectivity index (χ3v) is 3.28. The highest BCUT2D eigenvalue weighted by atomic mass is 32.1. The van der Waals surface area contributed by atoms with E-state index in [1.54, 1.807) is 6.26 Å². The number of anilines is 1. The third kappa shape index (κ3) is 4.70. The number of hydrogen-bond donors (Lipinski definition) is 2. The first-order valence-corrected chi connectivity index (χ1v) is 7.35. The summed E-state index contributed by atoms with van der Waals surface area (Å²) in [6, 6.07) is 12.2. The smallest absolute Gasteiger partial charge is 0.171 e. The van der Waals surface area contributed by atoms with Crippen molar-refractivity contribution in [2.75, 3.05) is 5.32 Å². The second-order valence-corrected chi connectivity index (χ2v) is 5.10. The average molecular weight is 288 g/mol. The van der Waals surface area contributed by atoms with Crippen LogP contribution in [0.25, 0.3) is 0 Å². The third-order valence-electron chi connectivity index (χ3n) is 3.03. The van der Waals surface area contributed by atoms with Gasteiger partial charge in [-0.1, -0.05) is 25.5 Å². The van der Waals surface area contributed by atoms with E-state index in [1.807, 2.05) is 12.1 Å². The average Bonchev–Trinajstić information content (AvgIpc) is 2.98. The molecule has 0 amide bonds. The van der Waals surface area contributed by atoms with Crippen LogP contribution in [0.3, 0.4) is 0 Å². The summed E-state index contributed by atoms with van der Waals surface area (Å²) in [4.78, 5) is 0. The van der Waals surface area contributed by atoms with E-state index in [2.05, 4.69) is 41.8 Å². The molecule has 0 aliphatic carbocycles. The molecule has 2 rings (SSSR count). The van der Waals surface area contributed by atoms with Gasteiger partial charge in [0.05, 0.1) is 12.8 Å². The number of thiocarbonyl (C=S) groups is 1. The number of nitrogens with one attached hydrogen (secondary N) is 2. The van der Waals surface area contributed by atoms with Crippen molar-refractivity contribution >= 4 is 23.0 Å². The lowest BCUT2D eigenvalue weighted by Crippen LogP contribution is -2.27. The molecule has 0 saturated carbocycles. The molecule has 3 nitrogen and oxygen atoms in total. The van der Waals surface area contributed by atoms with E-state index in [1.165, 1.54) is 18.4 Å². The molecule has 2 aromatic rings. The number of unbranched alkanes of at least 4 members (excludes halogenated alkanes) is 1. The van der Waals surface area contributed by atoms with E-state index < -0.39 is 0 Å². The van der Waals surface area contributed by atoms with Gasteiger partial charge in [0.15, 0.2) is 5.11 Å². The lowest BCUT2D eigenvalue weighted by Gasteiger charge is -2.10. The molecule has 0 fully saturated rings. The number of rotatable bonds is 6. The summed E-state index contributed by atoms with van der Waals surface area (Å²) in [5.41, 5.74) is 2.37. The van der Waals surface area contributed by atoms with Crippen molar-refractivity contribution in [3.8, 4) is 0 Å². The Bertz CT molecular complexity index is 520. The molecule has 2 N–H and O–H groups in total. The first-order chi connectivity index (χ1) is 9.78. The van der Waals surface area contributed by atoms with Crippen molar-refractivity contribution in [2.24, 2.45) is 0 Å². The standard InChI is InChI=1S/C16H20N2OS/c1-2-3-5-13-7-9-14(10-8-13)18-16(20)17-12-15-6-4-11-19-15/h4,6-11H,2-3,5,12H2,1H3,(H2,17,18,20). The summed E-state index contributed by atoms with van der Waals surface area (Å²) in [5, 5.41) is 6.88. The molecule has 0 radical (unpaired) electrons. The van der Waals surface area contributed by atoms with Crippen molar-refractivity contribution in [3.05, 3.63) is 54.0 Å². The molecule has 1 aromatic heterocycles. The highest BCUT2D eigenvalue weighted by Gasteiger charge is 2.00. The lowest BCUT2D eigenvalue weighted by atomic mass is 10.1. The van der Waals surface area contributed by atoms with E-state index in [4.69, 9.17) is 16.6 Å². The Labute approximate surface area is 125 Å². The minimum absolute atomic E-state index is 0.591. The summed E-state index contributed by atoms with van der Waals surface area (Å²) < 4.78 is 5.24. The molecule has 106 valence electrons. The van der Waals surface area contributed by atoms with Crippen LogP contribution in [0.5, 0.6) is 0 Å². The Morgan fingerprint density at radius 3 is 2.65 bits per heavy atom. The fourth-order valence-electron chi connectivity index (χ4n) is 1.89. The van der Waals surface area contributed by atoms with Crippen LogP contribution in [0, 0.1) is 0 Å². The van der Waals surface area contributed by atoms with Crippen molar-refractivity contribution in [1.82, 2.24) is 5.32 Å². The predicted octanol–water partition coefficient (Wildman–Crippen LogP) is 4.11. The molecule has 0 saturated heterocycles. The summed E-state index contributed by atoms with van der Waals surface area (Å²) in [5.74, 6) is 0.865. The Morgan fingerprint density at radius 2 is 2.00 bits per heavy atom. The second kappa shape index (κ2) is 7.70. The zero-order valence-corrected chi connectivity index (χ0v) is 12.5. The SMILES string of the molecule is CCCCc1ccc(NC(=S)NCc2ccco2)cc1. The van der Waals surface area contributed by atoms with Crippen LogP contribution in [0.1, 0.15) is 31.1 Å². The molecule has 0 spiro atoms. The van der Waals surface area contributed by atoms with Gasteiger partial charge in [0.1, 0.15) is 5.76 Å². The molecule has 1 heterocycles. The maximum Gasteiger partial charge on any atom is 0.171 e. The Morgan fingerprint density at radius 1 is 1.20 bits per heavy atom. The molecule has 0 aliphatic heterocycles. The van der Waals surface area contributed by atoms with Gasteiger partial charge >= 0.3 is 0 Å². The van der Waals surface area contributed by atoms with Gasteiger partial charge in [-0.2, -0.15) is 0 Å². The molecule has 1 aromatic carbocycles. The Kier molecular flexibility index (Phi) is 5.62. The van der Waals surface area contributed by atoms with E-state index in [-0.39, 0.29) is 0 Å². The zero-order valence-electron chi connectivity index (χ0n) is 11.7. The largest absolute Gasteiger partial charge is 0.467 e. The van der Waals surface area contributed by atoms with E-state index in [9.17, 15) is 0 Å². The predicted molar refractivity (Wildman–Crippen MR) is 86.8 cm³/mol. The zero-order chi connectivity index (χ0) is 14.2. The van der Waals surface area contributed by atoms with Gasteiger partial charge in [-0.05, 0) is 54.9 Å². The highest BCUT2D eigenvalue weighted by Crippen LogP contribution is 2.11. The monoisotopic (exact) mass is 288 g/mol. The van der Waals surface area contributed by atoms with Crippen molar-refractivity contribution in [2.45, 2.75) is 32.7 Å². The first-order valence-electron chi connectivity index (χ1n) is 6.94. The number of hydrogen-bond acceptors (Lipinski definition) is 2. The fraction of sp³-hybridized carbons (Fsp3) is 0.312. The molecule has 0 aliphatic rings. The Hall–Kier alpha value is -1.81. The van der Waals surface area contributed by atoms with Crippen LogP contribution in [0.2, 0.25) is 0 Å². The maximum absolute atomic E-state index is 5.25. The summed E-state index contributed by atoms with van der Waals surface area (Å²) in [6.45, 7) is 2.80. The van der Waals surface area contributed by atoms with E-state index in [0.717, 1.165) is 17.9 Å². The summed E-state index contributed by atoms with van der Waals surface area (Å²) >= 11 is 5.25. The molecule has 0 unspecified atom stereocenters. The van der Waals surface area contributed by atoms with Gasteiger partial charge < -0.3 is 15.1 Å². The fourth-order valence-corrected chi connectivity index (χ4v) is 2.08. The molecule has 0 atom stereocenters. The molecule has 4 heteroatoms. The van der Waals surface area contributed by atoms with E-state index in [0.29, 0.717) is 11.7 Å². The molecular formula is C16H20N2OS. The van der Waals surface area contributed by atoms with Gasteiger partial charge in [0.25, 0.3) is 0 Å². The first kappa shape index (κ1) is 14.6. The topological polar surface area (TPSA) is 37.2 Å². The van der Waals surface area contributed by atoms with Crippen LogP contribution in [-0.4, -0.2) is 5.11 Å². The lowest BCUT2D eigenvalue weighted by molar-refractivity contribution is 0.503. The summed E-state index contributed by atoms with van der Waals surface area (Å²) in [6.07, 6.45) is 5.25. The van der Waals surface area contributed by atoms with Crippen LogP contribution in [0.4, 0.5) is 5.69 Å². The van der Waals surface area contributed by atoms with Crippen molar-refractivity contribution in [1.29, 1.82) is 0 Å². The van der Waals surface area contributed by atoms with Gasteiger partial charge in [-0.25, -0.2) is 0 Å². The quantitative estimate of drug-likeness (QED) is 0.784. The van der Waals surface area contributed by atoms with Crippen LogP contribution < -0.4 is 10.6 Å². The van der Waals surface area contributed by atoms with Gasteiger partial charge in [0.2, 0.25) is 0 Å². The molecule has 0 bridgehead atoms. The summed E-state index contributed by atoms with van der Waals surface area (Å²) in [7, 11) is 0. The Balaban J connectivity index is 1.78. The number of aryl methyl sites for hydroxylation is 1. The normalized spacial score (nSPS) is 10.2. The van der Waals surface area contributed by atoms with Crippen molar-refractivity contribution < 1.29 is 4.42 Å². The maximum atomic E-state index is 5.25. The van der Waals surface area contributed by atoms with Crippen molar-refractivity contribution in [3.63, 3.8) is 0 Å². The van der Waals surface area contributed by atoms with Crippen LogP contribution >= 0.6 is 12.2 Å². The van der Waals surface area contributed by atoms with E-state index >= 15 is 0 Å². The van der Waals surface area contributed by atoms with Crippen LogP contribution in [-0.2, 0) is 13.0 Å².